The lowest BCUT2D eigenvalue weighted by Crippen LogP contribution is -2.63. The number of aliphatic hydroxyl groups is 3. The first-order valence-electron chi connectivity index (χ1n) is 29.3. The Morgan fingerprint density at radius 1 is 0.500 bits per heavy atom. The monoisotopic (exact) mass is 1060 g/mol. The van der Waals surface area contributed by atoms with Crippen LogP contribution in [0.2, 0.25) is 0 Å². The van der Waals surface area contributed by atoms with E-state index in [9.17, 15) is 15.3 Å². The summed E-state index contributed by atoms with van der Waals surface area (Å²) in [6.45, 7) is 15.2. The second kappa shape index (κ2) is 21.3. The van der Waals surface area contributed by atoms with Crippen LogP contribution in [0.25, 0.3) is 0 Å². The highest BCUT2D eigenvalue weighted by atomic mass is 16.7. The van der Waals surface area contributed by atoms with Gasteiger partial charge in [0.05, 0.1) is 110 Å². The quantitative estimate of drug-likeness (QED) is 0.222. The molecular weight excluding hydrogens is 977 g/mol. The highest BCUT2D eigenvalue weighted by Crippen LogP contribution is 2.52. The third-order valence-corrected chi connectivity index (χ3v) is 20.3. The third-order valence-electron chi connectivity index (χ3n) is 20.3. The van der Waals surface area contributed by atoms with E-state index in [2.05, 4.69) is 64.7 Å². The van der Waals surface area contributed by atoms with E-state index in [0.717, 1.165) is 25.7 Å². The Morgan fingerprint density at radius 3 is 1.92 bits per heavy atom. The van der Waals surface area contributed by atoms with Crippen molar-refractivity contribution in [3.63, 3.8) is 0 Å². The van der Waals surface area contributed by atoms with Crippen LogP contribution in [0.4, 0.5) is 0 Å². The highest BCUT2D eigenvalue weighted by Gasteiger charge is 2.62. The number of allylic oxidation sites excluding steroid dienone is 2. The average Bonchev–Trinajstić information content (AvgIpc) is 3.63. The van der Waals surface area contributed by atoms with Crippen molar-refractivity contribution in [2.24, 2.45) is 23.7 Å². The lowest BCUT2D eigenvalue weighted by Gasteiger charge is -2.53. The van der Waals surface area contributed by atoms with Crippen molar-refractivity contribution in [3.8, 4) is 0 Å². The maximum absolute atomic E-state index is 12.4. The van der Waals surface area contributed by atoms with Crippen LogP contribution in [-0.4, -0.2) is 186 Å². The van der Waals surface area contributed by atoms with Crippen LogP contribution < -0.4 is 0 Å². The summed E-state index contributed by atoms with van der Waals surface area (Å²) >= 11 is 0. The van der Waals surface area contributed by atoms with E-state index >= 15 is 0 Å². The molecule has 0 aromatic heterocycles. The fraction of sp³-hybridized carbons (Fsp3) is 0.800. The van der Waals surface area contributed by atoms with Gasteiger partial charge in [0.25, 0.3) is 0 Å². The SMILES string of the molecule is C=C/C=C/[C@H]1C=CC[C@@H]2O[C@@H]3C[C@@H]4O[C@@H]5C=C[C@@H]6O[C@@H]7C[C@@H](O)[C@]8(C)O[C@@H]9C[C@H](C)C[C@@H]%10O[C@H]%11C(CC%10OC9CC8O[C@H]7C/C=C\C[C@H]6O[C@H]5C=C[C@H]4O[C@H]3[C@H](O)[C@H]2O1)OC1C(C)[C@H](C)[C@@]2(CCCO2)O[C@H]1[C@@H](O)[C@@H]%11C. The Balaban J connectivity index is 0.686. The van der Waals surface area contributed by atoms with Crippen LogP contribution in [0.5, 0.6) is 0 Å². The van der Waals surface area contributed by atoms with Gasteiger partial charge in [-0.05, 0) is 57.3 Å². The second-order valence-corrected chi connectivity index (χ2v) is 25.1. The van der Waals surface area contributed by atoms with Gasteiger partial charge in [0.2, 0.25) is 0 Å². The Morgan fingerprint density at radius 2 is 1.13 bits per heavy atom. The highest BCUT2D eigenvalue weighted by molar-refractivity contribution is 5.18. The molecule has 13 rings (SSSR count). The normalized spacial score (nSPS) is 57.1. The molecule has 0 aliphatic carbocycles. The molecule has 9 saturated heterocycles. The molecule has 0 saturated carbocycles. The maximum Gasteiger partial charge on any atom is 0.171 e. The first kappa shape index (κ1) is 53.1. The summed E-state index contributed by atoms with van der Waals surface area (Å²) in [5.41, 5.74) is -1.01. The van der Waals surface area contributed by atoms with E-state index in [-0.39, 0.29) is 103 Å². The number of hydrogen-bond acceptors (Lipinski definition) is 16. The van der Waals surface area contributed by atoms with Crippen molar-refractivity contribution in [3.05, 3.63) is 73.4 Å². The summed E-state index contributed by atoms with van der Waals surface area (Å²) in [5, 5.41) is 36.2. The van der Waals surface area contributed by atoms with Crippen molar-refractivity contribution in [1.29, 1.82) is 0 Å². The van der Waals surface area contributed by atoms with Crippen molar-refractivity contribution >= 4 is 0 Å². The molecule has 0 bridgehead atoms. The largest absolute Gasteiger partial charge is 0.390 e. The molecule has 16 heteroatoms. The lowest BCUT2D eigenvalue weighted by molar-refractivity contribution is -0.339. The van der Waals surface area contributed by atoms with Crippen LogP contribution in [0.1, 0.15) is 105 Å². The minimum atomic E-state index is -1.01. The standard InChI is InChI=1S/C60H84O16/c1-7-8-13-34-14-11-17-41-56(65-34)53(63)57-49(69-41)26-43-40(72-57)21-20-38-39(67-43)19-18-37-35(66-38)15-9-10-16-36-45(68-37)28-50(61)59(6)51(71-36)29-46-47(75-59)25-30(2)24-42-44(70-46)27-48-54(73-42)32(4)52(62)58-55(74-48)31(3)33(5)60(76-58)22-12-23-64-60/h7-11,13-14,18-21,30-58,61-63H,1,12,15-17,22-29H2,2-6H3/b10-9-,13-8+/t30-,31?,32+,33+,34+,35-,36+,37+,38+,39-,40-,41+,42+,43+,44?,45-,46?,47-,48?,49-,50-,51?,52+,53-,54-,55?,56+,57-,58+,59+,60-/m1/s1. The smallest absolute Gasteiger partial charge is 0.171 e. The molecule has 13 aliphatic heterocycles. The zero-order chi connectivity index (χ0) is 52.2. The summed E-state index contributed by atoms with van der Waals surface area (Å²) in [4.78, 5) is 0. The molecule has 0 aromatic carbocycles. The first-order valence-corrected chi connectivity index (χ1v) is 29.3. The second-order valence-electron chi connectivity index (χ2n) is 25.1. The number of aliphatic hydroxyl groups excluding tert-OH is 3. The van der Waals surface area contributed by atoms with Gasteiger partial charge in [-0.1, -0.05) is 101 Å². The van der Waals surface area contributed by atoms with Gasteiger partial charge in [-0.3, -0.25) is 0 Å². The van der Waals surface area contributed by atoms with Crippen molar-refractivity contribution in [1.82, 2.24) is 0 Å². The van der Waals surface area contributed by atoms with Crippen LogP contribution >= 0.6 is 0 Å². The molecular formula is C60H84O16. The van der Waals surface area contributed by atoms with E-state index in [1.54, 1.807) is 6.08 Å². The predicted octanol–water partition coefficient (Wildman–Crippen LogP) is 5.83. The molecule has 0 radical (unpaired) electrons. The van der Waals surface area contributed by atoms with Crippen LogP contribution in [0.3, 0.4) is 0 Å². The van der Waals surface area contributed by atoms with Crippen LogP contribution in [0, 0.1) is 23.7 Å². The van der Waals surface area contributed by atoms with Crippen LogP contribution in [-0.2, 0) is 61.6 Å². The number of fused-ring (bicyclic) bond motifs is 11. The zero-order valence-electron chi connectivity index (χ0n) is 44.9. The Bertz CT molecular complexity index is 2230. The molecule has 420 valence electrons. The van der Waals surface area contributed by atoms with E-state index in [4.69, 9.17) is 61.6 Å². The number of ether oxygens (including phenoxy) is 13. The van der Waals surface area contributed by atoms with Crippen molar-refractivity contribution < 1.29 is 76.9 Å². The first-order chi connectivity index (χ1) is 36.8. The van der Waals surface area contributed by atoms with Gasteiger partial charge < -0.3 is 76.9 Å². The number of rotatable bonds is 2. The molecule has 9 fully saturated rings. The summed E-state index contributed by atoms with van der Waals surface area (Å²) in [5.74, 6) is -0.482. The minimum absolute atomic E-state index is 0.0983. The minimum Gasteiger partial charge on any atom is -0.390 e. The topological polar surface area (TPSA) is 181 Å². The average molecular weight is 1060 g/mol. The summed E-state index contributed by atoms with van der Waals surface area (Å²) in [6.07, 6.45) is 18.3. The van der Waals surface area contributed by atoms with Gasteiger partial charge in [-0.2, -0.15) is 0 Å². The van der Waals surface area contributed by atoms with E-state index < -0.39 is 84.6 Å². The van der Waals surface area contributed by atoms with Crippen molar-refractivity contribution in [2.75, 3.05) is 6.61 Å². The lowest BCUT2D eigenvalue weighted by atomic mass is 9.76. The summed E-state index contributed by atoms with van der Waals surface area (Å²) in [7, 11) is 0. The van der Waals surface area contributed by atoms with E-state index in [0.29, 0.717) is 51.6 Å². The van der Waals surface area contributed by atoms with Gasteiger partial charge in [0.15, 0.2) is 5.79 Å². The van der Waals surface area contributed by atoms with Gasteiger partial charge in [-0.15, -0.1) is 0 Å². The maximum atomic E-state index is 12.4. The molecule has 1 spiro atoms. The molecule has 13 aliphatic rings. The van der Waals surface area contributed by atoms with Gasteiger partial charge >= 0.3 is 0 Å². The summed E-state index contributed by atoms with van der Waals surface area (Å²) in [6, 6.07) is 0. The molecule has 76 heavy (non-hydrogen) atoms. The molecule has 13 heterocycles. The Labute approximate surface area is 448 Å². The summed E-state index contributed by atoms with van der Waals surface area (Å²) < 4.78 is 89.5. The molecule has 0 amide bonds. The fourth-order valence-corrected chi connectivity index (χ4v) is 15.8. The zero-order valence-corrected chi connectivity index (χ0v) is 44.9. The van der Waals surface area contributed by atoms with E-state index in [1.807, 2.05) is 37.3 Å². The van der Waals surface area contributed by atoms with Gasteiger partial charge in [0, 0.05) is 43.9 Å². The predicted molar refractivity (Wildman–Crippen MR) is 275 cm³/mol. The molecule has 3 N–H and O–H groups in total. The van der Waals surface area contributed by atoms with Crippen LogP contribution in [0.15, 0.2) is 73.4 Å². The molecule has 0 aromatic rings. The fourth-order valence-electron chi connectivity index (χ4n) is 15.8. The van der Waals surface area contributed by atoms with Gasteiger partial charge in [0.1, 0.15) is 54.4 Å². The number of hydrogen-bond donors (Lipinski definition) is 3. The third kappa shape index (κ3) is 9.58. The Hall–Kier alpha value is -2.20. The molecule has 31 atom stereocenters. The molecule has 6 unspecified atom stereocenters. The molecule has 16 nitrogen and oxygen atoms in total. The van der Waals surface area contributed by atoms with Crippen molar-refractivity contribution in [2.45, 2.75) is 269 Å². The van der Waals surface area contributed by atoms with E-state index in [1.165, 1.54) is 0 Å². The Kier molecular flexibility index (Phi) is 14.9. The van der Waals surface area contributed by atoms with Gasteiger partial charge in [-0.25, -0.2) is 0 Å².